The van der Waals surface area contributed by atoms with E-state index in [-0.39, 0.29) is 11.5 Å². The Hall–Kier alpha value is -0.850. The third kappa shape index (κ3) is 3.49. The molecule has 2 rings (SSSR count). The van der Waals surface area contributed by atoms with Crippen molar-refractivity contribution in [3.8, 4) is 0 Å². The minimum absolute atomic E-state index is 0.00236. The number of nitrogens with one attached hydrogen (secondary N) is 1. The molecule has 1 unspecified atom stereocenters. The molecule has 0 aliphatic heterocycles. The largest absolute Gasteiger partial charge is 0.349 e. The molecule has 1 aliphatic rings. The highest BCUT2D eigenvalue weighted by Gasteiger charge is 2.35. The van der Waals surface area contributed by atoms with E-state index in [4.69, 9.17) is 5.73 Å². The maximum absolute atomic E-state index is 12.6. The molecule has 120 valence electrons. The van der Waals surface area contributed by atoms with Gasteiger partial charge in [-0.2, -0.15) is 0 Å². The zero-order valence-corrected chi connectivity index (χ0v) is 14.0. The van der Waals surface area contributed by atoms with Crippen molar-refractivity contribution in [3.63, 3.8) is 0 Å². The molecule has 3 N–H and O–H groups in total. The fraction of sp³-hybridized carbons (Fsp3) is 0.733. The number of hydrogen-bond acceptors (Lipinski definition) is 3. The second-order valence-electron chi connectivity index (χ2n) is 6.57. The molecule has 1 atom stereocenters. The summed E-state index contributed by atoms with van der Waals surface area (Å²) in [5.41, 5.74) is 6.53. The summed E-state index contributed by atoms with van der Waals surface area (Å²) in [6, 6.07) is 1.68. The smallest absolute Gasteiger partial charge is 0.242 e. The second kappa shape index (κ2) is 6.10. The number of rotatable bonds is 5. The van der Waals surface area contributed by atoms with Gasteiger partial charge in [-0.15, -0.1) is 0 Å². The van der Waals surface area contributed by atoms with Gasteiger partial charge < -0.3 is 10.3 Å². The molecule has 1 heterocycles. The van der Waals surface area contributed by atoms with Gasteiger partial charge >= 0.3 is 0 Å². The predicted molar refractivity (Wildman–Crippen MR) is 84.4 cm³/mol. The van der Waals surface area contributed by atoms with Crippen LogP contribution in [-0.2, 0) is 23.1 Å². The van der Waals surface area contributed by atoms with Crippen molar-refractivity contribution in [2.75, 3.05) is 0 Å². The quantitative estimate of drug-likeness (QED) is 0.875. The first kappa shape index (κ1) is 16.5. The number of sulfonamides is 1. The van der Waals surface area contributed by atoms with Gasteiger partial charge in [0.25, 0.3) is 0 Å². The van der Waals surface area contributed by atoms with Crippen molar-refractivity contribution in [2.24, 2.45) is 11.1 Å². The third-order valence-corrected chi connectivity index (χ3v) is 6.06. The van der Waals surface area contributed by atoms with Crippen molar-refractivity contribution in [1.29, 1.82) is 0 Å². The van der Waals surface area contributed by atoms with Crippen LogP contribution in [0, 0.1) is 5.41 Å². The van der Waals surface area contributed by atoms with Gasteiger partial charge in [0.1, 0.15) is 0 Å². The molecule has 1 saturated carbocycles. The maximum Gasteiger partial charge on any atom is 0.242 e. The Morgan fingerprint density at radius 2 is 2.14 bits per heavy atom. The van der Waals surface area contributed by atoms with Gasteiger partial charge in [-0.1, -0.05) is 26.7 Å². The Morgan fingerprint density at radius 3 is 2.67 bits per heavy atom. The SMILES string of the molecule is CCn1cc(S(=O)(=O)NC2CCCCC2(C)C)cc1CN. The second-order valence-corrected chi connectivity index (χ2v) is 8.28. The van der Waals surface area contributed by atoms with E-state index in [9.17, 15) is 8.42 Å². The molecule has 6 heteroatoms. The average molecular weight is 313 g/mol. The lowest BCUT2D eigenvalue weighted by Crippen LogP contribution is -2.46. The summed E-state index contributed by atoms with van der Waals surface area (Å²) in [4.78, 5) is 0.325. The molecule has 0 spiro atoms. The first-order valence-corrected chi connectivity index (χ1v) is 9.20. The van der Waals surface area contributed by atoms with Gasteiger partial charge in [-0.25, -0.2) is 13.1 Å². The van der Waals surface area contributed by atoms with E-state index in [2.05, 4.69) is 18.6 Å². The van der Waals surface area contributed by atoms with Crippen LogP contribution in [0.4, 0.5) is 0 Å². The van der Waals surface area contributed by atoms with E-state index in [1.165, 1.54) is 6.42 Å². The Morgan fingerprint density at radius 1 is 1.43 bits per heavy atom. The zero-order valence-electron chi connectivity index (χ0n) is 13.2. The summed E-state index contributed by atoms with van der Waals surface area (Å²) < 4.78 is 30.0. The molecule has 0 bridgehead atoms. The van der Waals surface area contributed by atoms with E-state index >= 15 is 0 Å². The van der Waals surface area contributed by atoms with E-state index < -0.39 is 10.0 Å². The van der Waals surface area contributed by atoms with Crippen molar-refractivity contribution in [1.82, 2.24) is 9.29 Å². The van der Waals surface area contributed by atoms with Crippen LogP contribution in [0.2, 0.25) is 0 Å². The fourth-order valence-corrected chi connectivity index (χ4v) is 4.61. The van der Waals surface area contributed by atoms with E-state index in [0.717, 1.165) is 31.5 Å². The highest BCUT2D eigenvalue weighted by atomic mass is 32.2. The first-order valence-electron chi connectivity index (χ1n) is 7.71. The number of hydrogen-bond donors (Lipinski definition) is 2. The lowest BCUT2D eigenvalue weighted by atomic mass is 9.74. The normalized spacial score (nSPS) is 22.4. The highest BCUT2D eigenvalue weighted by Crippen LogP contribution is 2.36. The molecule has 1 fully saturated rings. The number of aromatic nitrogens is 1. The lowest BCUT2D eigenvalue weighted by molar-refractivity contribution is 0.188. The van der Waals surface area contributed by atoms with Crippen LogP contribution in [0.3, 0.4) is 0 Å². The van der Waals surface area contributed by atoms with Crippen molar-refractivity contribution in [3.05, 3.63) is 18.0 Å². The van der Waals surface area contributed by atoms with Gasteiger partial charge in [0, 0.05) is 31.0 Å². The van der Waals surface area contributed by atoms with Crippen LogP contribution >= 0.6 is 0 Å². The van der Waals surface area contributed by atoms with Crippen LogP contribution in [0.15, 0.2) is 17.2 Å². The first-order chi connectivity index (χ1) is 9.80. The van der Waals surface area contributed by atoms with Gasteiger partial charge in [0.05, 0.1) is 4.90 Å². The molecule has 1 aromatic heterocycles. The van der Waals surface area contributed by atoms with Crippen molar-refractivity contribution in [2.45, 2.75) is 70.5 Å². The van der Waals surface area contributed by atoms with Crippen LogP contribution in [0.1, 0.15) is 52.1 Å². The summed E-state index contributed by atoms with van der Waals surface area (Å²) in [6.07, 6.45) is 5.91. The summed E-state index contributed by atoms with van der Waals surface area (Å²) >= 11 is 0. The average Bonchev–Trinajstić information content (AvgIpc) is 2.85. The van der Waals surface area contributed by atoms with Crippen LogP contribution < -0.4 is 10.5 Å². The van der Waals surface area contributed by atoms with Gasteiger partial charge in [0.15, 0.2) is 0 Å². The van der Waals surface area contributed by atoms with E-state index in [0.29, 0.717) is 11.4 Å². The minimum Gasteiger partial charge on any atom is -0.349 e. The number of nitrogens with two attached hydrogens (primary N) is 1. The molecule has 0 saturated heterocycles. The molecule has 1 aliphatic carbocycles. The van der Waals surface area contributed by atoms with Crippen LogP contribution in [-0.4, -0.2) is 19.0 Å². The molecular formula is C15H27N3O2S. The van der Waals surface area contributed by atoms with E-state index in [1.54, 1.807) is 12.3 Å². The maximum atomic E-state index is 12.6. The summed E-state index contributed by atoms with van der Waals surface area (Å²) in [7, 11) is -3.48. The Bertz CT molecular complexity index is 569. The molecule has 0 amide bonds. The Kier molecular flexibility index (Phi) is 4.80. The molecular weight excluding hydrogens is 286 g/mol. The highest BCUT2D eigenvalue weighted by molar-refractivity contribution is 7.89. The standard InChI is InChI=1S/C15H27N3O2S/c1-4-18-11-13(9-12(18)10-16)21(19,20)17-14-7-5-6-8-15(14,2)3/h9,11,14,17H,4-8,10,16H2,1-3H3. The van der Waals surface area contributed by atoms with Crippen molar-refractivity contribution >= 4 is 10.0 Å². The summed E-state index contributed by atoms with van der Waals surface area (Å²) in [6.45, 7) is 7.33. The van der Waals surface area contributed by atoms with E-state index in [1.807, 2.05) is 11.5 Å². The summed E-state index contributed by atoms with van der Waals surface area (Å²) in [5.74, 6) is 0. The lowest BCUT2D eigenvalue weighted by Gasteiger charge is -2.38. The zero-order chi connectivity index (χ0) is 15.7. The van der Waals surface area contributed by atoms with Crippen LogP contribution in [0.25, 0.3) is 0 Å². The monoisotopic (exact) mass is 313 g/mol. The molecule has 21 heavy (non-hydrogen) atoms. The van der Waals surface area contributed by atoms with Gasteiger partial charge in [0.2, 0.25) is 10.0 Å². The minimum atomic E-state index is -3.48. The number of aryl methyl sites for hydroxylation is 1. The predicted octanol–water partition coefficient (Wildman–Crippen LogP) is 2.21. The number of nitrogens with zero attached hydrogens (tertiary/aromatic N) is 1. The van der Waals surface area contributed by atoms with Gasteiger partial charge in [-0.3, -0.25) is 0 Å². The Balaban J connectivity index is 2.24. The topological polar surface area (TPSA) is 77.1 Å². The van der Waals surface area contributed by atoms with Crippen molar-refractivity contribution < 1.29 is 8.42 Å². The fourth-order valence-electron chi connectivity index (χ4n) is 3.11. The molecule has 0 radical (unpaired) electrons. The van der Waals surface area contributed by atoms with Gasteiger partial charge in [-0.05, 0) is 31.2 Å². The summed E-state index contributed by atoms with van der Waals surface area (Å²) in [5, 5.41) is 0. The Labute approximate surface area is 128 Å². The molecule has 1 aromatic rings. The molecule has 0 aromatic carbocycles. The van der Waals surface area contributed by atoms with Crippen LogP contribution in [0.5, 0.6) is 0 Å². The molecule has 5 nitrogen and oxygen atoms in total. The third-order valence-electron chi connectivity index (χ3n) is 4.63.